The Morgan fingerprint density at radius 2 is 2.24 bits per heavy atom. The number of thiazole rings is 1. The Morgan fingerprint density at radius 3 is 2.86 bits per heavy atom. The van der Waals surface area contributed by atoms with Crippen molar-refractivity contribution in [2.24, 2.45) is 5.41 Å². The molecule has 4 nitrogen and oxygen atoms in total. The lowest BCUT2D eigenvalue weighted by Gasteiger charge is -2.10. The second-order valence-electron chi connectivity index (χ2n) is 5.25. The highest BCUT2D eigenvalue weighted by Crippen LogP contribution is 2.66. The van der Waals surface area contributed by atoms with Crippen LogP contribution >= 0.6 is 43.2 Å². The minimum absolute atomic E-state index is 0.0275. The van der Waals surface area contributed by atoms with Crippen LogP contribution in [-0.4, -0.2) is 20.7 Å². The molecule has 1 saturated carbocycles. The number of nitrogens with zero attached hydrogens (tertiary/aromatic N) is 1. The number of ether oxygens (including phenoxy) is 1. The van der Waals surface area contributed by atoms with Crippen molar-refractivity contribution < 1.29 is 9.53 Å². The second-order valence-corrected chi connectivity index (χ2v) is 10.1. The normalized spacial score (nSPS) is 23.0. The summed E-state index contributed by atoms with van der Waals surface area (Å²) in [6.07, 6.45) is 0.755. The predicted molar refractivity (Wildman–Crippen MR) is 92.7 cm³/mol. The summed E-state index contributed by atoms with van der Waals surface area (Å²) in [6, 6.07) is 5.75. The smallest absolute Gasteiger partial charge is 0.234 e. The number of amides is 1. The number of nitrogens with one attached hydrogen (secondary N) is 1. The van der Waals surface area contributed by atoms with Gasteiger partial charge in [0.25, 0.3) is 0 Å². The van der Waals surface area contributed by atoms with Crippen molar-refractivity contribution in [1.82, 2.24) is 4.98 Å². The number of alkyl halides is 2. The zero-order chi connectivity index (χ0) is 15.3. The number of fused-ring (bicyclic) bond motifs is 1. The Balaban J connectivity index is 1.80. The molecular formula is C14H14Br2N2O2S. The van der Waals surface area contributed by atoms with Crippen LogP contribution in [0.5, 0.6) is 5.75 Å². The highest BCUT2D eigenvalue weighted by molar-refractivity contribution is 9.25. The highest BCUT2D eigenvalue weighted by atomic mass is 79.9. The number of benzene rings is 1. The molecule has 7 heteroatoms. The predicted octanol–water partition coefficient (Wildman–Crippen LogP) is 4.53. The standard InChI is InChI=1S/C14H14Br2N2O2S/c1-3-20-8-4-5-9-10(6-8)21-12(17-9)18-11(19)13(2)7-14(13,15)16/h4-6H,3,7H2,1-2H3,(H,17,18,19)/t13-/m0/s1. The largest absolute Gasteiger partial charge is 0.494 e. The molecule has 3 rings (SSSR count). The number of carbonyl (C=O) groups excluding carboxylic acids is 1. The van der Waals surface area contributed by atoms with E-state index >= 15 is 0 Å². The topological polar surface area (TPSA) is 51.2 Å². The van der Waals surface area contributed by atoms with Gasteiger partial charge >= 0.3 is 0 Å². The molecule has 0 spiro atoms. The second kappa shape index (κ2) is 5.21. The molecule has 0 aliphatic heterocycles. The van der Waals surface area contributed by atoms with Crippen LogP contribution in [0.4, 0.5) is 5.13 Å². The van der Waals surface area contributed by atoms with Crippen molar-refractivity contribution in [3.05, 3.63) is 18.2 Å². The lowest BCUT2D eigenvalue weighted by atomic mass is 10.1. The fourth-order valence-corrected chi connectivity index (χ4v) is 4.47. The molecule has 0 saturated heterocycles. The van der Waals surface area contributed by atoms with Gasteiger partial charge in [-0.05, 0) is 38.5 Å². The number of anilines is 1. The third kappa shape index (κ3) is 2.71. The molecule has 1 aliphatic carbocycles. The Morgan fingerprint density at radius 1 is 1.52 bits per heavy atom. The maximum absolute atomic E-state index is 12.3. The number of hydrogen-bond donors (Lipinski definition) is 1. The van der Waals surface area contributed by atoms with E-state index < -0.39 is 5.41 Å². The molecule has 0 radical (unpaired) electrons. The molecule has 0 bridgehead atoms. The van der Waals surface area contributed by atoms with Crippen molar-refractivity contribution in [3.8, 4) is 5.75 Å². The summed E-state index contributed by atoms with van der Waals surface area (Å²) < 4.78 is 6.18. The van der Waals surface area contributed by atoms with E-state index in [0.717, 1.165) is 22.4 Å². The molecule has 1 amide bonds. The number of rotatable bonds is 4. The molecule has 1 N–H and O–H groups in total. The molecule has 1 aromatic heterocycles. The first kappa shape index (κ1) is 15.2. The van der Waals surface area contributed by atoms with E-state index in [-0.39, 0.29) is 9.14 Å². The molecule has 1 aliphatic rings. The Bertz CT molecular complexity index is 716. The van der Waals surface area contributed by atoms with Crippen LogP contribution in [0, 0.1) is 5.41 Å². The number of carbonyl (C=O) groups is 1. The van der Waals surface area contributed by atoms with Gasteiger partial charge in [0, 0.05) is 0 Å². The van der Waals surface area contributed by atoms with E-state index in [1.54, 1.807) is 0 Å². The number of hydrogen-bond acceptors (Lipinski definition) is 4. The van der Waals surface area contributed by atoms with Crippen LogP contribution < -0.4 is 10.1 Å². The molecule has 0 unspecified atom stereocenters. The van der Waals surface area contributed by atoms with Crippen molar-refractivity contribution in [3.63, 3.8) is 0 Å². The monoisotopic (exact) mass is 432 g/mol. The quantitative estimate of drug-likeness (QED) is 0.720. The van der Waals surface area contributed by atoms with Crippen molar-refractivity contribution in [1.29, 1.82) is 0 Å². The molecule has 2 aromatic rings. The van der Waals surface area contributed by atoms with Crippen LogP contribution in [0.25, 0.3) is 10.2 Å². The first-order valence-corrected chi connectivity index (χ1v) is 8.99. The minimum atomic E-state index is -0.443. The maximum Gasteiger partial charge on any atom is 0.234 e. The zero-order valence-electron chi connectivity index (χ0n) is 11.6. The third-order valence-electron chi connectivity index (χ3n) is 3.65. The Kier molecular flexibility index (Phi) is 3.78. The van der Waals surface area contributed by atoms with Crippen LogP contribution in [0.1, 0.15) is 20.3 Å². The summed E-state index contributed by atoms with van der Waals surface area (Å²) in [5.41, 5.74) is 0.421. The van der Waals surface area contributed by atoms with Gasteiger partial charge in [0.05, 0.1) is 25.5 Å². The summed E-state index contributed by atoms with van der Waals surface area (Å²) >= 11 is 8.47. The van der Waals surface area contributed by atoms with E-state index in [4.69, 9.17) is 4.74 Å². The van der Waals surface area contributed by atoms with Gasteiger partial charge in [0.15, 0.2) is 5.13 Å². The summed E-state index contributed by atoms with van der Waals surface area (Å²) in [6.45, 7) is 4.50. The fourth-order valence-electron chi connectivity index (χ4n) is 2.10. The summed E-state index contributed by atoms with van der Waals surface area (Å²) in [7, 11) is 0. The first-order chi connectivity index (χ1) is 9.85. The third-order valence-corrected chi connectivity index (χ3v) is 6.89. The Hall–Kier alpha value is -0.660. The van der Waals surface area contributed by atoms with Gasteiger partial charge in [0.1, 0.15) is 5.75 Å². The van der Waals surface area contributed by atoms with Crippen molar-refractivity contribution >= 4 is 64.5 Å². The van der Waals surface area contributed by atoms with Crippen LogP contribution in [0.15, 0.2) is 18.2 Å². The maximum atomic E-state index is 12.3. The molecular weight excluding hydrogens is 420 g/mol. The van der Waals surface area contributed by atoms with Crippen molar-refractivity contribution in [2.45, 2.75) is 23.5 Å². The van der Waals surface area contributed by atoms with E-state index in [2.05, 4.69) is 42.2 Å². The molecule has 1 heterocycles. The fraction of sp³-hybridized carbons (Fsp3) is 0.429. The van der Waals surface area contributed by atoms with E-state index in [1.807, 2.05) is 32.0 Å². The lowest BCUT2D eigenvalue weighted by Crippen LogP contribution is -2.25. The molecule has 21 heavy (non-hydrogen) atoms. The molecule has 1 fully saturated rings. The Labute approximate surface area is 143 Å². The summed E-state index contributed by atoms with van der Waals surface area (Å²) in [5.74, 6) is 0.793. The van der Waals surface area contributed by atoms with Crippen LogP contribution in [0.2, 0.25) is 0 Å². The lowest BCUT2D eigenvalue weighted by molar-refractivity contribution is -0.120. The number of aromatic nitrogens is 1. The molecule has 1 aromatic carbocycles. The average molecular weight is 434 g/mol. The van der Waals surface area contributed by atoms with Gasteiger partial charge in [-0.2, -0.15) is 0 Å². The van der Waals surface area contributed by atoms with Crippen LogP contribution in [0.3, 0.4) is 0 Å². The highest BCUT2D eigenvalue weighted by Gasteiger charge is 2.66. The van der Waals surface area contributed by atoms with E-state index in [9.17, 15) is 4.79 Å². The van der Waals surface area contributed by atoms with Gasteiger partial charge < -0.3 is 10.1 Å². The molecule has 112 valence electrons. The van der Waals surface area contributed by atoms with Gasteiger partial charge in [-0.15, -0.1) is 0 Å². The van der Waals surface area contributed by atoms with Crippen molar-refractivity contribution in [2.75, 3.05) is 11.9 Å². The van der Waals surface area contributed by atoms with Crippen LogP contribution in [-0.2, 0) is 4.79 Å². The van der Waals surface area contributed by atoms with E-state index in [1.165, 1.54) is 11.3 Å². The van der Waals surface area contributed by atoms with Gasteiger partial charge in [-0.1, -0.05) is 43.2 Å². The van der Waals surface area contributed by atoms with Gasteiger partial charge in [-0.3, -0.25) is 4.79 Å². The van der Waals surface area contributed by atoms with Gasteiger partial charge in [0.2, 0.25) is 5.91 Å². The van der Waals surface area contributed by atoms with Gasteiger partial charge in [-0.25, -0.2) is 4.98 Å². The zero-order valence-corrected chi connectivity index (χ0v) is 15.6. The average Bonchev–Trinajstić information content (AvgIpc) is 2.77. The SMILES string of the molecule is CCOc1ccc2nc(NC(=O)[C@]3(C)CC3(Br)Br)sc2c1. The minimum Gasteiger partial charge on any atom is -0.494 e. The molecule has 1 atom stereocenters. The van der Waals surface area contributed by atoms with E-state index in [0.29, 0.717) is 11.7 Å². The first-order valence-electron chi connectivity index (χ1n) is 6.58. The number of halogens is 2. The summed E-state index contributed by atoms with van der Waals surface area (Å²) in [5, 5.41) is 3.53. The summed E-state index contributed by atoms with van der Waals surface area (Å²) in [4.78, 5) is 16.8.